The fourth-order valence-electron chi connectivity index (χ4n) is 2.55. The molecule has 132 valence electrons. The quantitative estimate of drug-likeness (QED) is 0.741. The number of aliphatic hydroxyl groups is 1. The molecule has 0 radical (unpaired) electrons. The van der Waals surface area contributed by atoms with E-state index in [0.717, 1.165) is 11.1 Å². The Kier molecular flexibility index (Phi) is 5.61. The van der Waals surface area contributed by atoms with Gasteiger partial charge in [0.2, 0.25) is 5.88 Å². The van der Waals surface area contributed by atoms with Crippen LogP contribution >= 0.6 is 0 Å². The van der Waals surface area contributed by atoms with Gasteiger partial charge in [-0.05, 0) is 23.3 Å². The number of hydrogen-bond donors (Lipinski definition) is 1. The summed E-state index contributed by atoms with van der Waals surface area (Å²) in [5.74, 6) is 0.312. The first-order valence-electron chi connectivity index (χ1n) is 8.33. The first kappa shape index (κ1) is 17.6. The third kappa shape index (κ3) is 4.07. The average Bonchev–Trinajstić information content (AvgIpc) is 2.68. The summed E-state index contributed by atoms with van der Waals surface area (Å²) in [6.07, 6.45) is 3.56. The van der Waals surface area contributed by atoms with Gasteiger partial charge in [0.05, 0.1) is 6.61 Å². The third-order valence-electron chi connectivity index (χ3n) is 3.86. The standard InChI is InChI=1S/C21H20N2O3/c1-23-19(15-17-10-6-3-7-11-17)20(26-13-12-24)22-18(21(23)25)14-16-8-4-2-5-9-16/h2-11,14-15,24H,12-13H2,1H3/b18-14-,19-15-. The van der Waals surface area contributed by atoms with Crippen LogP contribution < -0.4 is 21.0 Å². The first-order chi connectivity index (χ1) is 12.7. The van der Waals surface area contributed by atoms with Crippen LogP contribution in [-0.4, -0.2) is 27.9 Å². The highest BCUT2D eigenvalue weighted by molar-refractivity contribution is 5.51. The van der Waals surface area contributed by atoms with Gasteiger partial charge in [-0.1, -0.05) is 60.7 Å². The molecule has 3 rings (SSSR count). The van der Waals surface area contributed by atoms with Crippen molar-refractivity contribution in [3.05, 3.63) is 92.8 Å². The van der Waals surface area contributed by atoms with E-state index in [1.165, 1.54) is 4.57 Å². The molecule has 0 fully saturated rings. The maximum Gasteiger partial charge on any atom is 0.276 e. The summed E-state index contributed by atoms with van der Waals surface area (Å²) < 4.78 is 7.12. The minimum Gasteiger partial charge on any atom is -0.474 e. The van der Waals surface area contributed by atoms with Crippen molar-refractivity contribution >= 4 is 12.2 Å². The summed E-state index contributed by atoms with van der Waals surface area (Å²) >= 11 is 0. The molecule has 5 nitrogen and oxygen atoms in total. The molecule has 0 aliphatic rings. The topological polar surface area (TPSA) is 64.4 Å². The van der Waals surface area contributed by atoms with Gasteiger partial charge in [-0.25, -0.2) is 4.98 Å². The van der Waals surface area contributed by atoms with Crippen LogP contribution in [0.3, 0.4) is 0 Å². The van der Waals surface area contributed by atoms with Crippen LogP contribution in [0.25, 0.3) is 12.2 Å². The second-order valence-corrected chi connectivity index (χ2v) is 5.73. The minimum atomic E-state index is -0.215. The van der Waals surface area contributed by atoms with Gasteiger partial charge in [-0.15, -0.1) is 0 Å². The predicted molar refractivity (Wildman–Crippen MR) is 101 cm³/mol. The molecule has 1 N–H and O–H groups in total. The molecule has 0 unspecified atom stereocenters. The molecule has 1 heterocycles. The van der Waals surface area contributed by atoms with Crippen molar-refractivity contribution in [2.24, 2.45) is 7.05 Å². The van der Waals surface area contributed by atoms with Crippen molar-refractivity contribution in [1.29, 1.82) is 0 Å². The highest BCUT2D eigenvalue weighted by Gasteiger charge is 2.07. The Hall–Kier alpha value is -3.18. The van der Waals surface area contributed by atoms with E-state index in [1.54, 1.807) is 13.1 Å². The largest absolute Gasteiger partial charge is 0.474 e. The van der Waals surface area contributed by atoms with Crippen LogP contribution in [0.5, 0.6) is 5.88 Å². The molecule has 5 heteroatoms. The minimum absolute atomic E-state index is 0.103. The van der Waals surface area contributed by atoms with E-state index < -0.39 is 0 Å². The molecule has 0 aliphatic carbocycles. The molecule has 3 aromatic rings. The van der Waals surface area contributed by atoms with Gasteiger partial charge < -0.3 is 14.4 Å². The van der Waals surface area contributed by atoms with Gasteiger partial charge in [0, 0.05) is 7.05 Å². The van der Waals surface area contributed by atoms with E-state index in [2.05, 4.69) is 4.98 Å². The molecule has 1 aromatic heterocycles. The summed E-state index contributed by atoms with van der Waals surface area (Å²) in [5.41, 5.74) is 1.59. The van der Waals surface area contributed by atoms with E-state index in [1.807, 2.05) is 66.7 Å². The highest BCUT2D eigenvalue weighted by Crippen LogP contribution is 2.02. The van der Waals surface area contributed by atoms with E-state index in [-0.39, 0.29) is 24.1 Å². The maximum absolute atomic E-state index is 12.8. The number of benzene rings is 2. The summed E-state index contributed by atoms with van der Waals surface area (Å²) in [6, 6.07) is 19.2. The highest BCUT2D eigenvalue weighted by atomic mass is 16.5. The van der Waals surface area contributed by atoms with Crippen molar-refractivity contribution < 1.29 is 9.84 Å². The van der Waals surface area contributed by atoms with Gasteiger partial charge in [-0.3, -0.25) is 4.79 Å². The number of nitrogens with zero attached hydrogens (tertiary/aromatic N) is 2. The Morgan fingerprint density at radius 1 is 1.00 bits per heavy atom. The Balaban J connectivity index is 2.23. The maximum atomic E-state index is 12.8. The molecule has 0 atom stereocenters. The number of aromatic nitrogens is 2. The molecular formula is C21H20N2O3. The predicted octanol–water partition coefficient (Wildman–Crippen LogP) is 0.809. The zero-order valence-corrected chi connectivity index (χ0v) is 14.5. The molecule has 0 aliphatic heterocycles. The number of hydrogen-bond acceptors (Lipinski definition) is 4. The normalized spacial score (nSPS) is 12.4. The Morgan fingerprint density at radius 3 is 2.15 bits per heavy atom. The fraction of sp³-hybridized carbons (Fsp3) is 0.143. The lowest BCUT2D eigenvalue weighted by atomic mass is 10.2. The van der Waals surface area contributed by atoms with Crippen molar-refractivity contribution in [1.82, 2.24) is 9.55 Å². The summed E-state index contributed by atoms with van der Waals surface area (Å²) in [4.78, 5) is 17.2. The fourth-order valence-corrected chi connectivity index (χ4v) is 2.55. The summed E-state index contributed by atoms with van der Waals surface area (Å²) in [7, 11) is 1.69. The molecule has 0 spiro atoms. The number of rotatable bonds is 5. The zero-order valence-electron chi connectivity index (χ0n) is 14.5. The third-order valence-corrected chi connectivity index (χ3v) is 3.86. The molecular weight excluding hydrogens is 328 g/mol. The van der Waals surface area contributed by atoms with Gasteiger partial charge in [0.15, 0.2) is 0 Å². The van der Waals surface area contributed by atoms with Crippen molar-refractivity contribution in [2.45, 2.75) is 0 Å². The molecule has 0 saturated carbocycles. The van der Waals surface area contributed by atoms with E-state index in [4.69, 9.17) is 9.84 Å². The Bertz CT molecular complexity index is 1040. The van der Waals surface area contributed by atoms with Gasteiger partial charge in [-0.2, -0.15) is 0 Å². The number of ether oxygens (including phenoxy) is 1. The van der Waals surface area contributed by atoms with E-state index in [0.29, 0.717) is 11.2 Å². The smallest absolute Gasteiger partial charge is 0.276 e. The van der Waals surface area contributed by atoms with Crippen LogP contribution in [0, 0.1) is 0 Å². The van der Waals surface area contributed by atoms with Gasteiger partial charge >= 0.3 is 0 Å². The first-order valence-corrected chi connectivity index (χ1v) is 8.33. The van der Waals surface area contributed by atoms with Crippen molar-refractivity contribution in [3.8, 4) is 5.88 Å². The molecule has 26 heavy (non-hydrogen) atoms. The van der Waals surface area contributed by atoms with Crippen LogP contribution in [0.2, 0.25) is 0 Å². The number of aliphatic hydroxyl groups excluding tert-OH is 1. The SMILES string of the molecule is Cn1c(=O)/c(=C/c2ccccc2)nc(OCCO)/c1=C/c1ccccc1. The molecule has 0 saturated heterocycles. The van der Waals surface area contributed by atoms with Crippen LogP contribution in [0.4, 0.5) is 0 Å². The second kappa shape index (κ2) is 8.27. The average molecular weight is 348 g/mol. The summed E-state index contributed by atoms with van der Waals surface area (Å²) in [6.45, 7) is -0.0291. The van der Waals surface area contributed by atoms with E-state index >= 15 is 0 Å². The Labute approximate surface area is 151 Å². The monoisotopic (exact) mass is 348 g/mol. The molecule has 0 bridgehead atoms. The van der Waals surface area contributed by atoms with Crippen LogP contribution in [0.1, 0.15) is 11.1 Å². The van der Waals surface area contributed by atoms with Gasteiger partial charge in [0.1, 0.15) is 17.3 Å². The lowest BCUT2D eigenvalue weighted by molar-refractivity contribution is 0.194. The van der Waals surface area contributed by atoms with Crippen LogP contribution in [0.15, 0.2) is 65.5 Å². The van der Waals surface area contributed by atoms with Crippen molar-refractivity contribution in [2.75, 3.05) is 13.2 Å². The molecule has 2 aromatic carbocycles. The van der Waals surface area contributed by atoms with E-state index in [9.17, 15) is 4.79 Å². The zero-order chi connectivity index (χ0) is 18.4. The van der Waals surface area contributed by atoms with Gasteiger partial charge in [0.25, 0.3) is 5.56 Å². The lowest BCUT2D eigenvalue weighted by Gasteiger charge is -2.08. The second-order valence-electron chi connectivity index (χ2n) is 5.73. The van der Waals surface area contributed by atoms with Crippen molar-refractivity contribution in [3.63, 3.8) is 0 Å². The lowest BCUT2D eigenvalue weighted by Crippen LogP contribution is -2.44. The van der Waals surface area contributed by atoms with Crippen LogP contribution in [-0.2, 0) is 7.05 Å². The molecule has 0 amide bonds. The Morgan fingerprint density at radius 2 is 1.58 bits per heavy atom. The summed E-state index contributed by atoms with van der Waals surface area (Å²) in [5, 5.41) is 9.94.